The summed E-state index contributed by atoms with van der Waals surface area (Å²) in [5.74, 6) is 0. The third-order valence-corrected chi connectivity index (χ3v) is 5.66. The van der Waals surface area contributed by atoms with Crippen molar-refractivity contribution in [2.75, 3.05) is 6.54 Å². The van der Waals surface area contributed by atoms with Crippen LogP contribution in [0.3, 0.4) is 0 Å². The molecular formula is C26H30N2O3. The van der Waals surface area contributed by atoms with Gasteiger partial charge in [-0.05, 0) is 62.4 Å². The number of para-hydroxylation sites is 1. The molecule has 0 saturated heterocycles. The van der Waals surface area contributed by atoms with E-state index in [1.807, 2.05) is 58.2 Å². The predicted molar refractivity (Wildman–Crippen MR) is 124 cm³/mol. The minimum atomic E-state index is -0.559. The molecule has 1 unspecified atom stereocenters. The molecule has 4 rings (SSSR count). The normalized spacial score (nSPS) is 16.6. The number of nitrogens with one attached hydrogen (secondary N) is 1. The van der Waals surface area contributed by atoms with E-state index in [0.29, 0.717) is 0 Å². The van der Waals surface area contributed by atoms with E-state index in [0.717, 1.165) is 40.6 Å². The topological polar surface area (TPSA) is 63.5 Å². The maximum absolute atomic E-state index is 12.7. The Morgan fingerprint density at radius 3 is 2.81 bits per heavy atom. The fraction of sp³-hybridized carbons (Fsp3) is 0.346. The molecule has 0 amide bonds. The SMILES string of the molecule is Cc1cc2c(cc1CO)C(/C=C/c1cn(C(=O)OC(C)(C)C)c3ccccc13)NCC2. The maximum Gasteiger partial charge on any atom is 0.419 e. The zero-order chi connectivity index (χ0) is 22.2. The number of aryl methyl sites for hydroxylation is 1. The van der Waals surface area contributed by atoms with Gasteiger partial charge in [-0.25, -0.2) is 4.79 Å². The Balaban J connectivity index is 1.70. The zero-order valence-corrected chi connectivity index (χ0v) is 18.6. The van der Waals surface area contributed by atoms with E-state index in [9.17, 15) is 9.90 Å². The molecule has 1 atom stereocenters. The van der Waals surface area contributed by atoms with E-state index in [1.54, 1.807) is 4.57 Å². The molecular weight excluding hydrogens is 388 g/mol. The monoisotopic (exact) mass is 418 g/mol. The predicted octanol–water partition coefficient (Wildman–Crippen LogP) is 5.13. The van der Waals surface area contributed by atoms with Crippen molar-refractivity contribution in [1.82, 2.24) is 9.88 Å². The van der Waals surface area contributed by atoms with E-state index in [2.05, 4.69) is 29.6 Å². The number of fused-ring (bicyclic) bond motifs is 2. The Morgan fingerprint density at radius 2 is 2.06 bits per heavy atom. The van der Waals surface area contributed by atoms with Gasteiger partial charge in [0.2, 0.25) is 0 Å². The van der Waals surface area contributed by atoms with Crippen molar-refractivity contribution in [2.45, 2.75) is 52.4 Å². The summed E-state index contributed by atoms with van der Waals surface area (Å²) < 4.78 is 7.17. The Labute approximate surface area is 183 Å². The molecule has 2 heterocycles. The van der Waals surface area contributed by atoms with Crippen LogP contribution in [0.5, 0.6) is 0 Å². The molecule has 2 N–H and O–H groups in total. The molecule has 31 heavy (non-hydrogen) atoms. The van der Waals surface area contributed by atoms with Crippen molar-refractivity contribution in [3.63, 3.8) is 0 Å². The highest BCUT2D eigenvalue weighted by Gasteiger charge is 2.21. The lowest BCUT2D eigenvalue weighted by atomic mass is 9.90. The first kappa shape index (κ1) is 21.3. The molecule has 0 aliphatic carbocycles. The summed E-state index contributed by atoms with van der Waals surface area (Å²) in [5.41, 5.74) is 5.84. The fourth-order valence-corrected chi connectivity index (χ4v) is 4.15. The van der Waals surface area contributed by atoms with Crippen LogP contribution in [0.4, 0.5) is 4.79 Å². The van der Waals surface area contributed by atoms with Gasteiger partial charge < -0.3 is 15.2 Å². The van der Waals surface area contributed by atoms with Gasteiger partial charge in [0.15, 0.2) is 0 Å². The molecule has 1 aliphatic heterocycles. The van der Waals surface area contributed by atoms with E-state index >= 15 is 0 Å². The molecule has 5 heteroatoms. The quantitative estimate of drug-likeness (QED) is 0.619. The van der Waals surface area contributed by atoms with E-state index in [1.165, 1.54) is 11.1 Å². The number of ether oxygens (including phenoxy) is 1. The van der Waals surface area contributed by atoms with Crippen LogP contribution in [0, 0.1) is 6.92 Å². The first-order valence-corrected chi connectivity index (χ1v) is 10.7. The van der Waals surface area contributed by atoms with Gasteiger partial charge in [0.05, 0.1) is 18.2 Å². The largest absolute Gasteiger partial charge is 0.443 e. The number of hydrogen-bond donors (Lipinski definition) is 2. The summed E-state index contributed by atoms with van der Waals surface area (Å²) in [6, 6.07) is 12.2. The summed E-state index contributed by atoms with van der Waals surface area (Å²) >= 11 is 0. The van der Waals surface area contributed by atoms with Crippen molar-refractivity contribution < 1.29 is 14.6 Å². The molecule has 0 spiro atoms. The van der Waals surface area contributed by atoms with Gasteiger partial charge in [0.25, 0.3) is 0 Å². The number of aliphatic hydroxyl groups excluding tert-OH is 1. The van der Waals surface area contributed by atoms with Crippen LogP contribution >= 0.6 is 0 Å². The van der Waals surface area contributed by atoms with Crippen LogP contribution in [0.2, 0.25) is 0 Å². The van der Waals surface area contributed by atoms with Crippen LogP contribution < -0.4 is 5.32 Å². The number of aromatic nitrogens is 1. The molecule has 1 aliphatic rings. The highest BCUT2D eigenvalue weighted by Crippen LogP contribution is 2.29. The first-order valence-electron chi connectivity index (χ1n) is 10.7. The van der Waals surface area contributed by atoms with Crippen molar-refractivity contribution in [2.24, 2.45) is 0 Å². The van der Waals surface area contributed by atoms with E-state index < -0.39 is 5.60 Å². The fourth-order valence-electron chi connectivity index (χ4n) is 4.15. The Bertz CT molecular complexity index is 1150. The van der Waals surface area contributed by atoms with Crippen LogP contribution in [0.1, 0.15) is 54.6 Å². The van der Waals surface area contributed by atoms with Crippen LogP contribution in [0.25, 0.3) is 17.0 Å². The Kier molecular flexibility index (Phi) is 5.73. The molecule has 0 fully saturated rings. The lowest BCUT2D eigenvalue weighted by Gasteiger charge is -2.26. The number of nitrogens with zero attached hydrogens (tertiary/aromatic N) is 1. The lowest BCUT2D eigenvalue weighted by Crippen LogP contribution is -2.28. The highest BCUT2D eigenvalue weighted by molar-refractivity contribution is 5.95. The van der Waals surface area contributed by atoms with Crippen molar-refractivity contribution >= 4 is 23.1 Å². The second-order valence-electron chi connectivity index (χ2n) is 9.13. The minimum Gasteiger partial charge on any atom is -0.443 e. The Hall–Kier alpha value is -2.89. The zero-order valence-electron chi connectivity index (χ0n) is 18.6. The number of carbonyl (C=O) groups is 1. The van der Waals surface area contributed by atoms with E-state index in [4.69, 9.17) is 4.74 Å². The van der Waals surface area contributed by atoms with Gasteiger partial charge in [0, 0.05) is 23.7 Å². The number of carbonyl (C=O) groups excluding carboxylic acids is 1. The summed E-state index contributed by atoms with van der Waals surface area (Å²) in [7, 11) is 0. The lowest BCUT2D eigenvalue weighted by molar-refractivity contribution is 0.0544. The average Bonchev–Trinajstić information content (AvgIpc) is 3.09. The smallest absolute Gasteiger partial charge is 0.419 e. The minimum absolute atomic E-state index is 0.0406. The second-order valence-corrected chi connectivity index (χ2v) is 9.13. The van der Waals surface area contributed by atoms with Crippen molar-refractivity contribution in [3.05, 3.63) is 76.5 Å². The van der Waals surface area contributed by atoms with Gasteiger partial charge in [0.1, 0.15) is 5.60 Å². The third kappa shape index (κ3) is 4.43. The molecule has 1 aromatic heterocycles. The standard InChI is InChI=1S/C26H30N2O3/c1-17-13-18-11-12-27-23(22(18)14-20(17)16-29)10-9-19-15-28(25(30)31-26(2,3)4)24-8-6-5-7-21(19)24/h5-10,13-15,23,27,29H,11-12,16H2,1-4H3/b10-9+. The molecule has 0 bridgehead atoms. The van der Waals surface area contributed by atoms with Gasteiger partial charge in [-0.1, -0.05) is 42.5 Å². The van der Waals surface area contributed by atoms with Crippen LogP contribution in [0.15, 0.2) is 48.7 Å². The highest BCUT2D eigenvalue weighted by atomic mass is 16.6. The molecule has 162 valence electrons. The molecule has 0 saturated carbocycles. The first-order chi connectivity index (χ1) is 14.8. The number of benzene rings is 2. The van der Waals surface area contributed by atoms with Gasteiger partial charge in [-0.2, -0.15) is 0 Å². The second kappa shape index (κ2) is 8.33. The summed E-state index contributed by atoms with van der Waals surface area (Å²) in [4.78, 5) is 12.7. The number of rotatable bonds is 3. The number of aliphatic hydroxyl groups is 1. The van der Waals surface area contributed by atoms with Crippen LogP contribution in [-0.4, -0.2) is 27.9 Å². The van der Waals surface area contributed by atoms with Crippen molar-refractivity contribution in [3.8, 4) is 0 Å². The Morgan fingerprint density at radius 1 is 1.29 bits per heavy atom. The van der Waals surface area contributed by atoms with Crippen LogP contribution in [-0.2, 0) is 17.8 Å². The average molecular weight is 419 g/mol. The van der Waals surface area contributed by atoms with Gasteiger partial charge >= 0.3 is 6.09 Å². The molecule has 2 aromatic carbocycles. The molecule has 0 radical (unpaired) electrons. The van der Waals surface area contributed by atoms with Crippen molar-refractivity contribution in [1.29, 1.82) is 0 Å². The third-order valence-electron chi connectivity index (χ3n) is 5.66. The van der Waals surface area contributed by atoms with Gasteiger partial charge in [-0.3, -0.25) is 4.57 Å². The van der Waals surface area contributed by atoms with Gasteiger partial charge in [-0.15, -0.1) is 0 Å². The summed E-state index contributed by atoms with van der Waals surface area (Å²) in [6.07, 6.45) is 6.63. The molecule has 5 nitrogen and oxygen atoms in total. The summed E-state index contributed by atoms with van der Waals surface area (Å²) in [5, 5.41) is 14.2. The summed E-state index contributed by atoms with van der Waals surface area (Å²) in [6.45, 7) is 8.59. The maximum atomic E-state index is 12.7. The van der Waals surface area contributed by atoms with E-state index in [-0.39, 0.29) is 18.7 Å². The molecule has 3 aromatic rings. The number of hydrogen-bond acceptors (Lipinski definition) is 4.